The van der Waals surface area contributed by atoms with E-state index in [9.17, 15) is 0 Å². The zero-order chi connectivity index (χ0) is 13.4. The number of benzene rings is 1. The highest BCUT2D eigenvalue weighted by molar-refractivity contribution is 7.98. The second-order valence-electron chi connectivity index (χ2n) is 3.64. The van der Waals surface area contributed by atoms with Gasteiger partial charge in [0.15, 0.2) is 0 Å². The highest BCUT2D eigenvalue weighted by atomic mass is 32.2. The lowest BCUT2D eigenvalue weighted by molar-refractivity contribution is 0.572. The fourth-order valence-corrected chi connectivity index (χ4v) is 2.34. The third-order valence-electron chi connectivity index (χ3n) is 2.45. The molecule has 0 bridgehead atoms. The van der Waals surface area contributed by atoms with Gasteiger partial charge in [-0.1, -0.05) is 44.2 Å². The van der Waals surface area contributed by atoms with Crippen molar-refractivity contribution in [2.75, 3.05) is 17.7 Å². The van der Waals surface area contributed by atoms with E-state index in [1.807, 2.05) is 42.6 Å². The van der Waals surface area contributed by atoms with Crippen LogP contribution < -0.4 is 5.73 Å². The number of nitrogens with two attached hydrogens (primary N) is 1. The van der Waals surface area contributed by atoms with Gasteiger partial charge in [-0.25, -0.2) is 0 Å². The monoisotopic (exact) mass is 263 g/mol. The second kappa shape index (κ2) is 7.82. The molecule has 0 saturated carbocycles. The van der Waals surface area contributed by atoms with Crippen LogP contribution in [0.3, 0.4) is 0 Å². The number of thioether (sulfide) groups is 1. The highest BCUT2D eigenvalue weighted by Gasteiger charge is 2.13. The van der Waals surface area contributed by atoms with Crippen molar-refractivity contribution in [1.82, 2.24) is 9.78 Å². The summed E-state index contributed by atoms with van der Waals surface area (Å²) < 4.78 is 1.93. The molecule has 0 spiro atoms. The molecule has 1 unspecified atom stereocenters. The van der Waals surface area contributed by atoms with Crippen molar-refractivity contribution in [3.8, 4) is 0 Å². The van der Waals surface area contributed by atoms with Gasteiger partial charge in [-0.2, -0.15) is 16.9 Å². The normalized spacial score (nSPS) is 11.5. The number of hydrogen-bond donors (Lipinski definition) is 1. The van der Waals surface area contributed by atoms with Gasteiger partial charge in [0.1, 0.15) is 0 Å². The summed E-state index contributed by atoms with van der Waals surface area (Å²) in [5.74, 6) is 0.991. The number of aromatic nitrogens is 2. The molecule has 0 aliphatic carbocycles. The van der Waals surface area contributed by atoms with E-state index in [0.717, 1.165) is 5.75 Å². The van der Waals surface area contributed by atoms with E-state index >= 15 is 0 Å². The largest absolute Gasteiger partial charge is 0.396 e. The van der Waals surface area contributed by atoms with Gasteiger partial charge in [-0.15, -0.1) is 0 Å². The standard InChI is InChI=1S/C12H15N3S.C2H6/c1-16-9-12(10-5-3-2-4-6-10)15-8-11(13)7-14-15;1-2/h2-8,12H,9,13H2,1H3;1-2H3. The van der Waals surface area contributed by atoms with Crippen LogP contribution >= 0.6 is 11.8 Å². The Labute approximate surface area is 113 Å². The lowest BCUT2D eigenvalue weighted by Gasteiger charge is -2.16. The van der Waals surface area contributed by atoms with Crippen molar-refractivity contribution < 1.29 is 0 Å². The molecule has 98 valence electrons. The Morgan fingerprint density at radius 3 is 2.44 bits per heavy atom. The van der Waals surface area contributed by atoms with Gasteiger partial charge in [0.2, 0.25) is 0 Å². The van der Waals surface area contributed by atoms with E-state index in [-0.39, 0.29) is 6.04 Å². The summed E-state index contributed by atoms with van der Waals surface area (Å²) in [5.41, 5.74) is 7.67. The molecule has 0 radical (unpaired) electrons. The number of nitrogen functional groups attached to an aromatic ring is 1. The van der Waals surface area contributed by atoms with E-state index in [1.54, 1.807) is 6.20 Å². The average Bonchev–Trinajstić information content (AvgIpc) is 2.86. The molecule has 4 heteroatoms. The van der Waals surface area contributed by atoms with Gasteiger partial charge < -0.3 is 5.73 Å². The fraction of sp³-hybridized carbons (Fsp3) is 0.357. The molecule has 0 amide bonds. The summed E-state index contributed by atoms with van der Waals surface area (Å²) in [6.07, 6.45) is 5.67. The predicted molar refractivity (Wildman–Crippen MR) is 81.0 cm³/mol. The van der Waals surface area contributed by atoms with Crippen molar-refractivity contribution in [3.63, 3.8) is 0 Å². The van der Waals surface area contributed by atoms with E-state index in [0.29, 0.717) is 5.69 Å². The maximum absolute atomic E-state index is 5.70. The molecule has 2 N–H and O–H groups in total. The minimum absolute atomic E-state index is 0.258. The van der Waals surface area contributed by atoms with Gasteiger partial charge in [0, 0.05) is 11.9 Å². The van der Waals surface area contributed by atoms with Gasteiger partial charge in [-0.05, 0) is 11.8 Å². The number of rotatable bonds is 4. The van der Waals surface area contributed by atoms with Gasteiger partial charge >= 0.3 is 0 Å². The zero-order valence-corrected chi connectivity index (χ0v) is 12.0. The first-order valence-electron chi connectivity index (χ1n) is 6.15. The van der Waals surface area contributed by atoms with Crippen LogP contribution in [0.2, 0.25) is 0 Å². The Morgan fingerprint density at radius 1 is 1.28 bits per heavy atom. The molecule has 2 aromatic rings. The Bertz CT molecular complexity index is 439. The molecule has 0 saturated heterocycles. The van der Waals surface area contributed by atoms with E-state index < -0.39 is 0 Å². The van der Waals surface area contributed by atoms with Crippen LogP contribution in [0.4, 0.5) is 5.69 Å². The highest BCUT2D eigenvalue weighted by Crippen LogP contribution is 2.21. The van der Waals surface area contributed by atoms with Crippen molar-refractivity contribution in [1.29, 1.82) is 0 Å². The lowest BCUT2D eigenvalue weighted by atomic mass is 10.1. The molecular weight excluding hydrogens is 242 g/mol. The Kier molecular flexibility index (Phi) is 6.36. The van der Waals surface area contributed by atoms with E-state index in [1.165, 1.54) is 5.56 Å². The average molecular weight is 263 g/mol. The molecule has 0 aliphatic heterocycles. The van der Waals surface area contributed by atoms with E-state index in [2.05, 4.69) is 35.6 Å². The van der Waals surface area contributed by atoms with Crippen LogP contribution in [-0.4, -0.2) is 21.8 Å². The minimum Gasteiger partial charge on any atom is -0.396 e. The van der Waals surface area contributed by atoms with E-state index in [4.69, 9.17) is 5.73 Å². The summed E-state index contributed by atoms with van der Waals surface area (Å²) in [5, 5.41) is 4.29. The summed E-state index contributed by atoms with van der Waals surface area (Å²) in [7, 11) is 0. The van der Waals surface area contributed by atoms with Crippen molar-refractivity contribution >= 4 is 17.4 Å². The summed E-state index contributed by atoms with van der Waals surface area (Å²) in [6, 6.07) is 10.6. The molecular formula is C14H21N3S. The molecule has 1 atom stereocenters. The molecule has 2 rings (SSSR count). The zero-order valence-electron chi connectivity index (χ0n) is 11.2. The second-order valence-corrected chi connectivity index (χ2v) is 4.55. The Morgan fingerprint density at radius 2 is 1.94 bits per heavy atom. The fourth-order valence-electron chi connectivity index (χ4n) is 1.68. The molecule has 1 heterocycles. The van der Waals surface area contributed by atoms with Gasteiger partial charge in [-0.3, -0.25) is 4.68 Å². The maximum atomic E-state index is 5.70. The molecule has 0 aliphatic rings. The topological polar surface area (TPSA) is 43.8 Å². The lowest BCUT2D eigenvalue weighted by Crippen LogP contribution is -2.13. The van der Waals surface area contributed by atoms with Crippen LogP contribution in [0.1, 0.15) is 25.5 Å². The van der Waals surface area contributed by atoms with Gasteiger partial charge in [0.25, 0.3) is 0 Å². The van der Waals surface area contributed by atoms with Crippen molar-refractivity contribution in [2.24, 2.45) is 0 Å². The first-order valence-corrected chi connectivity index (χ1v) is 7.54. The number of anilines is 1. The van der Waals surface area contributed by atoms with Crippen LogP contribution in [0.15, 0.2) is 42.7 Å². The Hall–Kier alpha value is -1.42. The van der Waals surface area contributed by atoms with Crippen LogP contribution in [0.25, 0.3) is 0 Å². The summed E-state index contributed by atoms with van der Waals surface area (Å²) >= 11 is 1.81. The summed E-state index contributed by atoms with van der Waals surface area (Å²) in [6.45, 7) is 4.00. The first kappa shape index (κ1) is 14.6. The SMILES string of the molecule is CC.CSCC(c1ccccc1)n1cc(N)cn1. The van der Waals surface area contributed by atoms with Crippen LogP contribution in [0.5, 0.6) is 0 Å². The quantitative estimate of drug-likeness (QED) is 0.919. The molecule has 3 nitrogen and oxygen atoms in total. The molecule has 0 fully saturated rings. The molecule has 1 aromatic heterocycles. The van der Waals surface area contributed by atoms with Crippen molar-refractivity contribution in [3.05, 3.63) is 48.3 Å². The third kappa shape index (κ3) is 3.81. The van der Waals surface area contributed by atoms with Crippen molar-refractivity contribution in [2.45, 2.75) is 19.9 Å². The number of hydrogen-bond acceptors (Lipinski definition) is 3. The molecule has 18 heavy (non-hydrogen) atoms. The predicted octanol–water partition coefficient (Wildman–Crippen LogP) is 3.44. The molecule has 1 aromatic carbocycles. The maximum Gasteiger partial charge on any atom is 0.0859 e. The minimum atomic E-state index is 0.258. The van der Waals surface area contributed by atoms with Gasteiger partial charge in [0.05, 0.1) is 17.9 Å². The first-order chi connectivity index (χ1) is 8.81. The summed E-state index contributed by atoms with van der Waals surface area (Å²) in [4.78, 5) is 0. The van der Waals surface area contributed by atoms with Crippen LogP contribution in [0, 0.1) is 0 Å². The Balaban J connectivity index is 0.000000771. The third-order valence-corrected chi connectivity index (χ3v) is 3.10. The number of nitrogens with zero attached hydrogens (tertiary/aromatic N) is 2. The van der Waals surface area contributed by atoms with Crippen LogP contribution in [-0.2, 0) is 0 Å². The smallest absolute Gasteiger partial charge is 0.0859 e.